The molecule has 0 aromatic rings. The molecule has 14 heavy (non-hydrogen) atoms. The number of amides is 1. The van der Waals surface area contributed by atoms with Gasteiger partial charge < -0.3 is 5.32 Å². The van der Waals surface area contributed by atoms with Crippen molar-refractivity contribution < 1.29 is 9.63 Å². The van der Waals surface area contributed by atoms with Crippen LogP contribution in [-0.2, 0) is 9.63 Å². The van der Waals surface area contributed by atoms with Gasteiger partial charge in [-0.15, -0.1) is 0 Å². The van der Waals surface area contributed by atoms with Crippen molar-refractivity contribution in [3.8, 4) is 0 Å². The molecule has 2 atom stereocenters. The van der Waals surface area contributed by atoms with E-state index in [-0.39, 0.29) is 5.91 Å². The van der Waals surface area contributed by atoms with E-state index in [9.17, 15) is 4.79 Å². The third-order valence-electron chi connectivity index (χ3n) is 3.89. The normalized spacial score (nSPS) is 46.7. The molecule has 3 fully saturated rings. The fraction of sp³-hybridized carbons (Fsp3) is 0.900. The van der Waals surface area contributed by atoms with Crippen LogP contribution in [0.1, 0.15) is 32.1 Å². The Balaban J connectivity index is 1.85. The lowest BCUT2D eigenvalue weighted by Gasteiger charge is -2.41. The molecule has 1 heterocycles. The van der Waals surface area contributed by atoms with Gasteiger partial charge in [-0.25, -0.2) is 0 Å². The highest BCUT2D eigenvalue weighted by Crippen LogP contribution is 2.48. The molecule has 2 aliphatic carbocycles. The molecule has 1 saturated heterocycles. The molecule has 1 aliphatic heterocycles. The number of carbonyl (C=O) groups excluding carboxylic acids is 1. The molecular weight excluding hydrogens is 180 g/mol. The maximum atomic E-state index is 11.8. The van der Waals surface area contributed by atoms with Gasteiger partial charge in [0.2, 0.25) is 0 Å². The Morgan fingerprint density at radius 3 is 2.64 bits per heavy atom. The molecule has 4 nitrogen and oxygen atoms in total. The standard InChI is InChI=1S/C10H16N2O2/c13-9-10(14-12-6-11-9)4-7-1-2-8(3-7)5-10/h7-8,12H,1-6H2,(H,11,13). The summed E-state index contributed by atoms with van der Waals surface area (Å²) in [6, 6.07) is 0. The van der Waals surface area contributed by atoms with Gasteiger partial charge in [-0.05, 0) is 31.1 Å². The van der Waals surface area contributed by atoms with Gasteiger partial charge in [-0.2, -0.15) is 5.48 Å². The topological polar surface area (TPSA) is 50.4 Å². The molecule has 0 radical (unpaired) electrons. The summed E-state index contributed by atoms with van der Waals surface area (Å²) in [6.45, 7) is 0.440. The SMILES string of the molecule is O=C1NCNOC12CC1CCC(C1)C2. The molecule has 78 valence electrons. The molecule has 2 saturated carbocycles. The Morgan fingerprint density at radius 2 is 2.00 bits per heavy atom. The Morgan fingerprint density at radius 1 is 1.29 bits per heavy atom. The summed E-state index contributed by atoms with van der Waals surface area (Å²) in [6.07, 6.45) is 5.68. The summed E-state index contributed by atoms with van der Waals surface area (Å²) in [5, 5.41) is 2.84. The summed E-state index contributed by atoms with van der Waals surface area (Å²) in [7, 11) is 0. The lowest BCUT2D eigenvalue weighted by atomic mass is 9.77. The van der Waals surface area contributed by atoms with Crippen LogP contribution in [-0.4, -0.2) is 18.2 Å². The van der Waals surface area contributed by atoms with Crippen LogP contribution in [0, 0.1) is 11.8 Å². The van der Waals surface area contributed by atoms with Crippen LogP contribution in [0.15, 0.2) is 0 Å². The lowest BCUT2D eigenvalue weighted by Crippen LogP contribution is -2.60. The highest BCUT2D eigenvalue weighted by molar-refractivity contribution is 5.85. The van der Waals surface area contributed by atoms with Crippen LogP contribution in [0.3, 0.4) is 0 Å². The molecule has 0 aromatic carbocycles. The van der Waals surface area contributed by atoms with E-state index in [1.807, 2.05) is 0 Å². The molecule has 1 amide bonds. The zero-order chi connectivity index (χ0) is 9.60. The van der Waals surface area contributed by atoms with Crippen molar-refractivity contribution >= 4 is 5.91 Å². The molecule has 0 aromatic heterocycles. The van der Waals surface area contributed by atoms with Gasteiger partial charge >= 0.3 is 0 Å². The van der Waals surface area contributed by atoms with Crippen molar-refractivity contribution in [1.82, 2.24) is 10.8 Å². The monoisotopic (exact) mass is 196 g/mol. The van der Waals surface area contributed by atoms with E-state index in [0.29, 0.717) is 18.5 Å². The fourth-order valence-electron chi connectivity index (χ4n) is 3.33. The zero-order valence-electron chi connectivity index (χ0n) is 8.21. The predicted octanol–water partition coefficient (Wildman–Crippen LogP) is 0.544. The summed E-state index contributed by atoms with van der Waals surface area (Å²) in [4.78, 5) is 17.4. The van der Waals surface area contributed by atoms with Gasteiger partial charge in [-0.1, -0.05) is 12.8 Å². The molecule has 1 spiro atoms. The van der Waals surface area contributed by atoms with Crippen molar-refractivity contribution in [1.29, 1.82) is 0 Å². The van der Waals surface area contributed by atoms with E-state index in [2.05, 4.69) is 10.8 Å². The van der Waals surface area contributed by atoms with Crippen LogP contribution in [0.4, 0.5) is 0 Å². The summed E-state index contributed by atoms with van der Waals surface area (Å²) in [5.41, 5.74) is 2.27. The largest absolute Gasteiger partial charge is 0.339 e. The third kappa shape index (κ3) is 1.17. The van der Waals surface area contributed by atoms with E-state index in [1.165, 1.54) is 19.3 Å². The number of nitrogens with one attached hydrogen (secondary N) is 2. The van der Waals surface area contributed by atoms with Crippen molar-refractivity contribution in [2.75, 3.05) is 6.67 Å². The highest BCUT2D eigenvalue weighted by atomic mass is 16.7. The summed E-state index contributed by atoms with van der Waals surface area (Å²) in [5.74, 6) is 1.51. The van der Waals surface area contributed by atoms with E-state index >= 15 is 0 Å². The fourth-order valence-corrected chi connectivity index (χ4v) is 3.33. The lowest BCUT2D eigenvalue weighted by molar-refractivity contribution is -0.184. The number of rotatable bonds is 0. The van der Waals surface area contributed by atoms with Crippen molar-refractivity contribution in [2.45, 2.75) is 37.7 Å². The van der Waals surface area contributed by atoms with Crippen molar-refractivity contribution in [2.24, 2.45) is 11.8 Å². The number of hydrogen-bond acceptors (Lipinski definition) is 3. The maximum absolute atomic E-state index is 11.8. The second kappa shape index (κ2) is 2.94. The molecule has 2 N–H and O–H groups in total. The Hall–Kier alpha value is -0.610. The summed E-state index contributed by atoms with van der Waals surface area (Å²) < 4.78 is 0. The first-order valence-electron chi connectivity index (χ1n) is 5.48. The quantitative estimate of drug-likeness (QED) is 0.594. The molecule has 4 heteroatoms. The minimum absolute atomic E-state index is 0.0906. The molecule has 2 bridgehead atoms. The first-order chi connectivity index (χ1) is 6.78. The van der Waals surface area contributed by atoms with Crippen LogP contribution in [0.2, 0.25) is 0 Å². The van der Waals surface area contributed by atoms with E-state index in [1.54, 1.807) is 0 Å². The minimum atomic E-state index is -0.539. The van der Waals surface area contributed by atoms with E-state index < -0.39 is 5.60 Å². The molecule has 2 unspecified atom stereocenters. The van der Waals surface area contributed by atoms with Crippen LogP contribution in [0.5, 0.6) is 0 Å². The van der Waals surface area contributed by atoms with Gasteiger partial charge in [0.05, 0.1) is 6.67 Å². The first kappa shape index (κ1) is 8.68. The molecule has 3 rings (SSSR count). The smallest absolute Gasteiger partial charge is 0.255 e. The Bertz CT molecular complexity index is 255. The Labute approximate surface area is 83.3 Å². The summed E-state index contributed by atoms with van der Waals surface area (Å²) >= 11 is 0. The average molecular weight is 196 g/mol. The van der Waals surface area contributed by atoms with Crippen molar-refractivity contribution in [3.63, 3.8) is 0 Å². The van der Waals surface area contributed by atoms with E-state index in [4.69, 9.17) is 4.84 Å². The zero-order valence-corrected chi connectivity index (χ0v) is 8.21. The Kier molecular flexibility index (Phi) is 1.82. The number of hydrogen-bond donors (Lipinski definition) is 2. The molecular formula is C10H16N2O2. The predicted molar refractivity (Wildman–Crippen MR) is 50.0 cm³/mol. The van der Waals surface area contributed by atoms with Gasteiger partial charge in [0.25, 0.3) is 5.91 Å². The first-order valence-corrected chi connectivity index (χ1v) is 5.48. The number of fused-ring (bicyclic) bond motifs is 2. The highest BCUT2D eigenvalue weighted by Gasteiger charge is 2.51. The van der Waals surface area contributed by atoms with Crippen LogP contribution in [0.25, 0.3) is 0 Å². The van der Waals surface area contributed by atoms with Gasteiger partial charge in [0.1, 0.15) is 0 Å². The second-order valence-electron chi connectivity index (χ2n) is 4.88. The maximum Gasteiger partial charge on any atom is 0.255 e. The van der Waals surface area contributed by atoms with E-state index in [0.717, 1.165) is 12.8 Å². The second-order valence-corrected chi connectivity index (χ2v) is 4.88. The van der Waals surface area contributed by atoms with Gasteiger partial charge in [0.15, 0.2) is 5.60 Å². The number of carbonyl (C=O) groups is 1. The van der Waals surface area contributed by atoms with Crippen molar-refractivity contribution in [3.05, 3.63) is 0 Å². The number of hydroxylamine groups is 1. The van der Waals surface area contributed by atoms with Crippen LogP contribution >= 0.6 is 0 Å². The molecule has 3 aliphatic rings. The third-order valence-corrected chi connectivity index (χ3v) is 3.89. The van der Waals surface area contributed by atoms with Gasteiger partial charge in [-0.3, -0.25) is 9.63 Å². The average Bonchev–Trinajstić information content (AvgIpc) is 2.52. The van der Waals surface area contributed by atoms with Crippen LogP contribution < -0.4 is 10.8 Å². The minimum Gasteiger partial charge on any atom is -0.339 e. The van der Waals surface area contributed by atoms with Gasteiger partial charge in [0, 0.05) is 0 Å².